The van der Waals surface area contributed by atoms with Gasteiger partial charge in [0.15, 0.2) is 0 Å². The van der Waals surface area contributed by atoms with E-state index in [-0.39, 0.29) is 28.4 Å². The molecular weight excluding hydrogens is 410 g/mol. The van der Waals surface area contributed by atoms with Gasteiger partial charge in [-0.2, -0.15) is 5.26 Å². The van der Waals surface area contributed by atoms with Crippen LogP contribution >= 0.6 is 0 Å². The number of benzene rings is 2. The van der Waals surface area contributed by atoms with Crippen molar-refractivity contribution in [2.75, 3.05) is 19.1 Å². The van der Waals surface area contributed by atoms with E-state index in [1.165, 1.54) is 25.2 Å². The lowest BCUT2D eigenvalue weighted by Gasteiger charge is -2.36. The van der Waals surface area contributed by atoms with Gasteiger partial charge in [0.05, 0.1) is 43.0 Å². The number of rotatable bonds is 4. The summed E-state index contributed by atoms with van der Waals surface area (Å²) in [4.78, 5) is 27.3. The Morgan fingerprint density at radius 2 is 1.66 bits per heavy atom. The maximum atomic E-state index is 13.0. The van der Waals surface area contributed by atoms with Crippen molar-refractivity contribution in [1.82, 2.24) is 0 Å². The number of nitrogens with two attached hydrogens (primary N) is 1. The molecule has 3 rings (SSSR count). The summed E-state index contributed by atoms with van der Waals surface area (Å²) < 4.78 is 10.0. The monoisotopic (exact) mass is 433 g/mol. The van der Waals surface area contributed by atoms with Gasteiger partial charge in [0.2, 0.25) is 0 Å². The first-order valence-corrected chi connectivity index (χ1v) is 9.73. The van der Waals surface area contributed by atoms with Crippen LogP contribution in [0, 0.1) is 25.2 Å². The molecule has 1 aliphatic heterocycles. The van der Waals surface area contributed by atoms with Crippen LogP contribution < -0.4 is 10.6 Å². The smallest absolute Gasteiger partial charge is 0.355 e. The molecule has 0 amide bonds. The lowest BCUT2D eigenvalue weighted by Crippen LogP contribution is -2.41. The van der Waals surface area contributed by atoms with E-state index in [0.29, 0.717) is 22.4 Å². The topological polar surface area (TPSA) is 126 Å². The predicted molar refractivity (Wildman–Crippen MR) is 117 cm³/mol. The molecular formula is C24H23N3O5. The van der Waals surface area contributed by atoms with Crippen LogP contribution in [0.1, 0.15) is 22.6 Å². The lowest BCUT2D eigenvalue weighted by molar-refractivity contribution is -0.139. The fraction of sp³-hybridized carbons (Fsp3) is 0.208. The molecule has 1 heterocycles. The normalized spacial score (nSPS) is 16.0. The molecule has 0 fully saturated rings. The van der Waals surface area contributed by atoms with E-state index in [0.717, 1.165) is 0 Å². The van der Waals surface area contributed by atoms with E-state index in [1.807, 2.05) is 0 Å². The number of methoxy groups -OCH3 is 2. The number of aromatic hydroxyl groups is 1. The zero-order chi connectivity index (χ0) is 23.6. The van der Waals surface area contributed by atoms with Crippen LogP contribution in [0.2, 0.25) is 0 Å². The van der Waals surface area contributed by atoms with Gasteiger partial charge in [0.1, 0.15) is 17.3 Å². The van der Waals surface area contributed by atoms with Crippen molar-refractivity contribution in [1.29, 1.82) is 5.26 Å². The molecule has 0 bridgehead atoms. The van der Waals surface area contributed by atoms with E-state index in [4.69, 9.17) is 15.2 Å². The molecule has 32 heavy (non-hydrogen) atoms. The minimum absolute atomic E-state index is 0.0254. The summed E-state index contributed by atoms with van der Waals surface area (Å²) in [7, 11) is 2.38. The molecule has 1 unspecified atom stereocenters. The number of nitriles is 1. The molecule has 164 valence electrons. The maximum absolute atomic E-state index is 13.0. The van der Waals surface area contributed by atoms with E-state index >= 15 is 0 Å². The summed E-state index contributed by atoms with van der Waals surface area (Å²) in [5.74, 6) is -2.51. The Bertz CT molecular complexity index is 1190. The molecule has 0 saturated heterocycles. The van der Waals surface area contributed by atoms with Gasteiger partial charge < -0.3 is 20.3 Å². The van der Waals surface area contributed by atoms with Crippen LogP contribution in [0.5, 0.6) is 5.75 Å². The Morgan fingerprint density at radius 1 is 1.03 bits per heavy atom. The Morgan fingerprint density at radius 3 is 2.22 bits per heavy atom. The molecule has 0 aromatic heterocycles. The van der Waals surface area contributed by atoms with E-state index in [2.05, 4.69) is 6.07 Å². The van der Waals surface area contributed by atoms with Gasteiger partial charge in [-0.05, 0) is 42.7 Å². The highest BCUT2D eigenvalue weighted by molar-refractivity contribution is 6.06. The van der Waals surface area contributed by atoms with Gasteiger partial charge in [-0.25, -0.2) is 9.59 Å². The molecule has 0 radical (unpaired) electrons. The average Bonchev–Trinajstić information content (AvgIpc) is 2.81. The van der Waals surface area contributed by atoms with Crippen molar-refractivity contribution in [3.05, 3.63) is 81.8 Å². The van der Waals surface area contributed by atoms with Crippen LogP contribution in [-0.2, 0) is 19.1 Å². The van der Waals surface area contributed by atoms with Crippen molar-refractivity contribution in [3.63, 3.8) is 0 Å². The van der Waals surface area contributed by atoms with E-state index < -0.39 is 17.9 Å². The SMILES string of the molecule is COC(=O)C1=C(C(=O)OC)N(c2ccc(O)c(C)c2C)C(N)=C(C#N)C1c1ccccc1. The fourth-order valence-corrected chi connectivity index (χ4v) is 3.80. The number of hydrogen-bond donors (Lipinski definition) is 2. The van der Waals surface area contributed by atoms with Crippen molar-refractivity contribution < 1.29 is 24.2 Å². The lowest BCUT2D eigenvalue weighted by atomic mass is 9.80. The molecule has 0 saturated carbocycles. The largest absolute Gasteiger partial charge is 0.508 e. The van der Waals surface area contributed by atoms with Crippen LogP contribution in [-0.4, -0.2) is 31.3 Å². The van der Waals surface area contributed by atoms with Crippen molar-refractivity contribution >= 4 is 17.6 Å². The molecule has 8 nitrogen and oxygen atoms in total. The quantitative estimate of drug-likeness (QED) is 0.705. The van der Waals surface area contributed by atoms with Gasteiger partial charge in [-0.3, -0.25) is 4.90 Å². The number of carbonyl (C=O) groups is 2. The number of phenols is 1. The summed E-state index contributed by atoms with van der Waals surface area (Å²) in [6.07, 6.45) is 0. The summed E-state index contributed by atoms with van der Waals surface area (Å²) >= 11 is 0. The molecule has 1 atom stereocenters. The molecule has 2 aromatic rings. The van der Waals surface area contributed by atoms with Gasteiger partial charge in [-0.15, -0.1) is 0 Å². The number of hydrogen-bond acceptors (Lipinski definition) is 8. The molecule has 0 spiro atoms. The van der Waals surface area contributed by atoms with Crippen LogP contribution in [0.3, 0.4) is 0 Å². The van der Waals surface area contributed by atoms with Crippen LogP contribution in [0.15, 0.2) is 65.1 Å². The van der Waals surface area contributed by atoms with Crippen molar-refractivity contribution in [3.8, 4) is 11.8 Å². The Labute approximate surface area is 185 Å². The van der Waals surface area contributed by atoms with E-state index in [9.17, 15) is 20.0 Å². The van der Waals surface area contributed by atoms with Gasteiger partial charge >= 0.3 is 11.9 Å². The summed E-state index contributed by atoms with van der Waals surface area (Å²) in [6.45, 7) is 3.44. The predicted octanol–water partition coefficient (Wildman–Crippen LogP) is 2.91. The first-order chi connectivity index (χ1) is 15.3. The highest BCUT2D eigenvalue weighted by atomic mass is 16.5. The maximum Gasteiger partial charge on any atom is 0.355 e. The molecule has 1 aliphatic rings. The van der Waals surface area contributed by atoms with Crippen molar-refractivity contribution in [2.24, 2.45) is 5.73 Å². The van der Waals surface area contributed by atoms with Crippen molar-refractivity contribution in [2.45, 2.75) is 19.8 Å². The third-order valence-electron chi connectivity index (χ3n) is 5.58. The second kappa shape index (κ2) is 8.86. The van der Waals surface area contributed by atoms with E-state index in [1.54, 1.807) is 50.2 Å². The summed E-state index contributed by atoms with van der Waals surface area (Å²) in [6, 6.07) is 13.9. The Hall–Kier alpha value is -4.25. The number of ether oxygens (including phenoxy) is 2. The number of carbonyl (C=O) groups excluding carboxylic acids is 2. The molecule has 8 heteroatoms. The average molecular weight is 433 g/mol. The molecule has 2 aromatic carbocycles. The number of allylic oxidation sites excluding steroid dienone is 1. The molecule has 3 N–H and O–H groups in total. The number of nitrogens with zero attached hydrogens (tertiary/aromatic N) is 2. The minimum atomic E-state index is -0.933. The first kappa shape index (κ1) is 22.4. The third-order valence-corrected chi connectivity index (χ3v) is 5.58. The zero-order valence-electron chi connectivity index (χ0n) is 18.2. The molecule has 0 aliphatic carbocycles. The third kappa shape index (κ3) is 3.54. The number of phenolic OH excluding ortho intramolecular Hbond substituents is 1. The fourth-order valence-electron chi connectivity index (χ4n) is 3.80. The zero-order valence-corrected chi connectivity index (χ0v) is 18.2. The van der Waals surface area contributed by atoms with Crippen LogP contribution in [0.25, 0.3) is 0 Å². The first-order valence-electron chi connectivity index (χ1n) is 9.73. The summed E-state index contributed by atoms with van der Waals surface area (Å²) in [5, 5.41) is 20.1. The minimum Gasteiger partial charge on any atom is -0.508 e. The highest BCUT2D eigenvalue weighted by Crippen LogP contribution is 2.44. The number of anilines is 1. The van der Waals surface area contributed by atoms with Gasteiger partial charge in [-0.1, -0.05) is 30.3 Å². The second-order valence-electron chi connectivity index (χ2n) is 7.19. The van der Waals surface area contributed by atoms with Gasteiger partial charge in [0, 0.05) is 0 Å². The Kier molecular flexibility index (Phi) is 6.21. The summed E-state index contributed by atoms with van der Waals surface area (Å²) in [5.41, 5.74) is 8.49. The standard InChI is InChI=1S/C24H23N3O5/c1-13-14(2)18(28)11-10-17(13)27-21(24(30)32-4)20(23(29)31-3)19(16(12-25)22(27)26)15-8-6-5-7-9-15/h5-11,19,28H,26H2,1-4H3. The highest BCUT2D eigenvalue weighted by Gasteiger charge is 2.43. The van der Waals surface area contributed by atoms with Crippen LogP contribution in [0.4, 0.5) is 5.69 Å². The van der Waals surface area contributed by atoms with Gasteiger partial charge in [0.25, 0.3) is 0 Å². The number of esters is 2. The second-order valence-corrected chi connectivity index (χ2v) is 7.19. The Balaban J connectivity index is 2.46.